The molecule has 2 atom stereocenters. The molecule has 0 spiro atoms. The Morgan fingerprint density at radius 2 is 1.80 bits per heavy atom. The minimum atomic E-state index is -0.266. The van der Waals surface area contributed by atoms with Gasteiger partial charge in [0.05, 0.1) is 16.1 Å². The molecule has 3 nitrogen and oxygen atoms in total. The average Bonchev–Trinajstić information content (AvgIpc) is 2.38. The number of hydrogen-bond acceptors (Lipinski definition) is 2. The normalized spacial score (nSPS) is 14.2. The molecule has 0 saturated heterocycles. The SMILES string of the molecule is CC(C)CNC(=O)C(C)NC(C)c1ccc(Cl)c(Cl)c1. The van der Waals surface area contributed by atoms with E-state index >= 15 is 0 Å². The fourth-order valence-electron chi connectivity index (χ4n) is 1.79. The summed E-state index contributed by atoms with van der Waals surface area (Å²) in [6.07, 6.45) is 0. The Kier molecular flexibility index (Phi) is 6.80. The molecule has 0 bridgehead atoms. The van der Waals surface area contributed by atoms with Crippen LogP contribution in [-0.2, 0) is 4.79 Å². The maximum Gasteiger partial charge on any atom is 0.236 e. The van der Waals surface area contributed by atoms with Crippen LogP contribution in [0, 0.1) is 5.92 Å². The van der Waals surface area contributed by atoms with Crippen molar-refractivity contribution in [2.24, 2.45) is 5.92 Å². The third kappa shape index (κ3) is 5.31. The molecule has 0 aliphatic rings. The standard InChI is InChI=1S/C15H22Cl2N2O/c1-9(2)8-18-15(20)11(4)19-10(3)12-5-6-13(16)14(17)7-12/h5-7,9-11,19H,8H2,1-4H3,(H,18,20). The van der Waals surface area contributed by atoms with Crippen molar-refractivity contribution in [2.45, 2.75) is 39.8 Å². The summed E-state index contributed by atoms with van der Waals surface area (Å²) in [5.74, 6) is 0.448. The molecule has 1 rings (SSSR count). The lowest BCUT2D eigenvalue weighted by molar-refractivity contribution is -0.123. The summed E-state index contributed by atoms with van der Waals surface area (Å²) in [6, 6.07) is 5.24. The number of nitrogens with one attached hydrogen (secondary N) is 2. The Labute approximate surface area is 131 Å². The highest BCUT2D eigenvalue weighted by Crippen LogP contribution is 2.25. The van der Waals surface area contributed by atoms with Crippen molar-refractivity contribution >= 4 is 29.1 Å². The first-order valence-corrected chi connectivity index (χ1v) is 7.55. The van der Waals surface area contributed by atoms with Crippen LogP contribution in [0.3, 0.4) is 0 Å². The van der Waals surface area contributed by atoms with E-state index in [-0.39, 0.29) is 18.0 Å². The smallest absolute Gasteiger partial charge is 0.236 e. The van der Waals surface area contributed by atoms with Gasteiger partial charge in [-0.3, -0.25) is 10.1 Å². The predicted molar refractivity (Wildman–Crippen MR) is 85.3 cm³/mol. The lowest BCUT2D eigenvalue weighted by Gasteiger charge is -2.20. The Morgan fingerprint density at radius 3 is 2.35 bits per heavy atom. The van der Waals surface area contributed by atoms with E-state index in [0.717, 1.165) is 5.56 Å². The summed E-state index contributed by atoms with van der Waals surface area (Å²) in [5, 5.41) is 7.22. The number of rotatable bonds is 6. The number of carbonyl (C=O) groups is 1. The molecule has 0 fully saturated rings. The van der Waals surface area contributed by atoms with Crippen LogP contribution in [0.4, 0.5) is 0 Å². The van der Waals surface area contributed by atoms with Gasteiger partial charge in [0.15, 0.2) is 0 Å². The van der Waals surface area contributed by atoms with Crippen molar-refractivity contribution in [3.63, 3.8) is 0 Å². The molecule has 1 aromatic carbocycles. The van der Waals surface area contributed by atoms with E-state index < -0.39 is 0 Å². The van der Waals surface area contributed by atoms with E-state index in [0.29, 0.717) is 22.5 Å². The lowest BCUT2D eigenvalue weighted by Crippen LogP contribution is -2.44. The molecule has 0 aliphatic heterocycles. The van der Waals surface area contributed by atoms with Crippen molar-refractivity contribution in [1.29, 1.82) is 0 Å². The Balaban J connectivity index is 2.58. The fraction of sp³-hybridized carbons (Fsp3) is 0.533. The minimum Gasteiger partial charge on any atom is -0.354 e. The van der Waals surface area contributed by atoms with Crippen molar-refractivity contribution < 1.29 is 4.79 Å². The van der Waals surface area contributed by atoms with Gasteiger partial charge in [0.2, 0.25) is 5.91 Å². The third-order valence-electron chi connectivity index (χ3n) is 3.02. The average molecular weight is 317 g/mol. The van der Waals surface area contributed by atoms with E-state index in [2.05, 4.69) is 24.5 Å². The molecule has 2 unspecified atom stereocenters. The summed E-state index contributed by atoms with van der Waals surface area (Å²) in [6.45, 7) is 8.66. The summed E-state index contributed by atoms with van der Waals surface area (Å²) < 4.78 is 0. The number of amides is 1. The number of benzene rings is 1. The van der Waals surface area contributed by atoms with Crippen molar-refractivity contribution in [3.8, 4) is 0 Å². The first-order chi connectivity index (χ1) is 9.31. The molecular weight excluding hydrogens is 295 g/mol. The predicted octanol–water partition coefficient (Wildman–Crippen LogP) is 3.80. The van der Waals surface area contributed by atoms with E-state index in [1.54, 1.807) is 6.07 Å². The molecule has 1 aromatic rings. The van der Waals surface area contributed by atoms with E-state index in [1.165, 1.54) is 0 Å². The Bertz CT molecular complexity index is 463. The Hall–Kier alpha value is -0.770. The van der Waals surface area contributed by atoms with Crippen LogP contribution in [0.25, 0.3) is 0 Å². The van der Waals surface area contributed by atoms with Crippen LogP contribution in [-0.4, -0.2) is 18.5 Å². The molecule has 2 N–H and O–H groups in total. The first-order valence-electron chi connectivity index (χ1n) is 6.80. The van der Waals surface area contributed by atoms with Crippen LogP contribution in [0.15, 0.2) is 18.2 Å². The van der Waals surface area contributed by atoms with Crippen LogP contribution in [0.5, 0.6) is 0 Å². The highest BCUT2D eigenvalue weighted by molar-refractivity contribution is 6.42. The second kappa shape index (κ2) is 7.87. The maximum atomic E-state index is 11.9. The third-order valence-corrected chi connectivity index (χ3v) is 3.76. The van der Waals surface area contributed by atoms with Gasteiger partial charge in [-0.1, -0.05) is 43.1 Å². The molecule has 0 aliphatic carbocycles. The van der Waals surface area contributed by atoms with Gasteiger partial charge >= 0.3 is 0 Å². The van der Waals surface area contributed by atoms with Crippen molar-refractivity contribution in [3.05, 3.63) is 33.8 Å². The second-order valence-electron chi connectivity index (χ2n) is 5.42. The first kappa shape index (κ1) is 17.3. The molecule has 5 heteroatoms. The zero-order chi connectivity index (χ0) is 15.3. The van der Waals surface area contributed by atoms with Crippen LogP contribution >= 0.6 is 23.2 Å². The molecule has 112 valence electrons. The topological polar surface area (TPSA) is 41.1 Å². The largest absolute Gasteiger partial charge is 0.354 e. The number of hydrogen-bond donors (Lipinski definition) is 2. The molecule has 0 heterocycles. The van der Waals surface area contributed by atoms with E-state index in [9.17, 15) is 4.79 Å². The zero-order valence-corrected chi connectivity index (χ0v) is 13.8. The fourth-order valence-corrected chi connectivity index (χ4v) is 2.09. The molecule has 0 aromatic heterocycles. The maximum absolute atomic E-state index is 11.9. The zero-order valence-electron chi connectivity index (χ0n) is 12.3. The van der Waals surface area contributed by atoms with E-state index in [4.69, 9.17) is 23.2 Å². The quantitative estimate of drug-likeness (QED) is 0.838. The van der Waals surface area contributed by atoms with Gasteiger partial charge in [-0.05, 0) is 37.5 Å². The van der Waals surface area contributed by atoms with Crippen LogP contribution < -0.4 is 10.6 Å². The highest BCUT2D eigenvalue weighted by atomic mass is 35.5. The number of carbonyl (C=O) groups excluding carboxylic acids is 1. The van der Waals surface area contributed by atoms with E-state index in [1.807, 2.05) is 26.0 Å². The monoisotopic (exact) mass is 316 g/mol. The van der Waals surface area contributed by atoms with Gasteiger partial charge in [0.1, 0.15) is 0 Å². The van der Waals surface area contributed by atoms with Gasteiger partial charge in [-0.25, -0.2) is 0 Å². The molecule has 20 heavy (non-hydrogen) atoms. The molecule has 0 radical (unpaired) electrons. The van der Waals surface area contributed by atoms with Gasteiger partial charge in [-0.2, -0.15) is 0 Å². The van der Waals surface area contributed by atoms with Crippen molar-refractivity contribution in [2.75, 3.05) is 6.54 Å². The summed E-state index contributed by atoms with van der Waals surface area (Å²) in [5.41, 5.74) is 1.00. The summed E-state index contributed by atoms with van der Waals surface area (Å²) in [7, 11) is 0. The van der Waals surface area contributed by atoms with Gasteiger partial charge in [-0.15, -0.1) is 0 Å². The number of halogens is 2. The van der Waals surface area contributed by atoms with Crippen LogP contribution in [0.2, 0.25) is 10.0 Å². The van der Waals surface area contributed by atoms with Gasteiger partial charge < -0.3 is 5.32 Å². The lowest BCUT2D eigenvalue weighted by atomic mass is 10.1. The molecular formula is C15H22Cl2N2O. The van der Waals surface area contributed by atoms with Crippen LogP contribution in [0.1, 0.15) is 39.3 Å². The second-order valence-corrected chi connectivity index (χ2v) is 6.24. The van der Waals surface area contributed by atoms with Crippen molar-refractivity contribution in [1.82, 2.24) is 10.6 Å². The molecule has 0 saturated carbocycles. The summed E-state index contributed by atoms with van der Waals surface area (Å²) >= 11 is 11.9. The van der Waals surface area contributed by atoms with Gasteiger partial charge in [0, 0.05) is 12.6 Å². The molecule has 1 amide bonds. The van der Waals surface area contributed by atoms with Gasteiger partial charge in [0.25, 0.3) is 0 Å². The highest BCUT2D eigenvalue weighted by Gasteiger charge is 2.16. The minimum absolute atomic E-state index is 0.00519. The summed E-state index contributed by atoms with van der Waals surface area (Å²) in [4.78, 5) is 11.9. The Morgan fingerprint density at radius 1 is 1.15 bits per heavy atom.